The molecule has 20 heavy (non-hydrogen) atoms. The van der Waals surface area contributed by atoms with E-state index < -0.39 is 0 Å². The maximum absolute atomic E-state index is 12.0. The summed E-state index contributed by atoms with van der Waals surface area (Å²) >= 11 is 0. The van der Waals surface area contributed by atoms with E-state index in [1.54, 1.807) is 24.3 Å². The van der Waals surface area contributed by atoms with Gasteiger partial charge in [0.15, 0.2) is 0 Å². The van der Waals surface area contributed by atoms with E-state index in [1.807, 2.05) is 24.3 Å². The van der Waals surface area contributed by atoms with Crippen LogP contribution in [0.3, 0.4) is 0 Å². The SMILES string of the molecule is Nc1ccc(C(=O)NCc2[nH]nc3ccccc23)cc1. The minimum absolute atomic E-state index is 0.135. The molecule has 3 aromatic rings. The van der Waals surface area contributed by atoms with Gasteiger partial charge in [-0.1, -0.05) is 18.2 Å². The topological polar surface area (TPSA) is 83.8 Å². The van der Waals surface area contributed by atoms with E-state index in [1.165, 1.54) is 0 Å². The van der Waals surface area contributed by atoms with Gasteiger partial charge in [-0.15, -0.1) is 0 Å². The number of H-pyrrole nitrogens is 1. The first-order chi connectivity index (χ1) is 9.74. The summed E-state index contributed by atoms with van der Waals surface area (Å²) in [4.78, 5) is 12.0. The second kappa shape index (κ2) is 5.05. The van der Waals surface area contributed by atoms with E-state index in [9.17, 15) is 4.79 Å². The van der Waals surface area contributed by atoms with Gasteiger partial charge in [0.05, 0.1) is 17.8 Å². The number of benzene rings is 2. The minimum atomic E-state index is -0.135. The monoisotopic (exact) mass is 266 g/mol. The van der Waals surface area contributed by atoms with Crippen LogP contribution in [0.5, 0.6) is 0 Å². The lowest BCUT2D eigenvalue weighted by Crippen LogP contribution is -2.23. The lowest BCUT2D eigenvalue weighted by atomic mass is 10.2. The molecule has 1 aromatic heterocycles. The van der Waals surface area contributed by atoms with E-state index >= 15 is 0 Å². The number of hydrogen-bond donors (Lipinski definition) is 3. The molecule has 3 rings (SSSR count). The summed E-state index contributed by atoms with van der Waals surface area (Å²) in [6.07, 6.45) is 0. The van der Waals surface area contributed by atoms with Gasteiger partial charge in [0.2, 0.25) is 0 Å². The highest BCUT2D eigenvalue weighted by Gasteiger charge is 2.08. The van der Waals surface area contributed by atoms with E-state index in [4.69, 9.17) is 5.73 Å². The summed E-state index contributed by atoms with van der Waals surface area (Å²) < 4.78 is 0. The Morgan fingerprint density at radius 1 is 1.15 bits per heavy atom. The molecule has 2 aromatic carbocycles. The standard InChI is InChI=1S/C15H14N4O/c16-11-7-5-10(6-8-11)15(20)17-9-14-12-3-1-2-4-13(12)18-19-14/h1-8H,9,16H2,(H,17,20)(H,18,19). The number of carbonyl (C=O) groups is 1. The molecule has 0 atom stereocenters. The maximum atomic E-state index is 12.0. The first-order valence-corrected chi connectivity index (χ1v) is 6.30. The van der Waals surface area contributed by atoms with Gasteiger partial charge < -0.3 is 11.1 Å². The Labute approximate surface area is 115 Å². The Bertz CT molecular complexity index is 746. The summed E-state index contributed by atoms with van der Waals surface area (Å²) in [5.41, 5.74) is 8.61. The van der Waals surface area contributed by atoms with Crippen LogP contribution >= 0.6 is 0 Å². The molecular formula is C15H14N4O. The summed E-state index contributed by atoms with van der Waals surface area (Å²) in [7, 11) is 0. The van der Waals surface area contributed by atoms with Gasteiger partial charge in [0.1, 0.15) is 0 Å². The van der Waals surface area contributed by atoms with Gasteiger partial charge in [-0.25, -0.2) is 0 Å². The molecule has 0 fully saturated rings. The maximum Gasteiger partial charge on any atom is 0.251 e. The average Bonchev–Trinajstić information content (AvgIpc) is 2.89. The third-order valence-corrected chi connectivity index (χ3v) is 3.14. The molecule has 0 saturated heterocycles. The predicted octanol–water partition coefficient (Wildman–Crippen LogP) is 2.08. The quantitative estimate of drug-likeness (QED) is 0.634. The van der Waals surface area contributed by atoms with Gasteiger partial charge in [-0.3, -0.25) is 9.89 Å². The number of anilines is 1. The number of nitrogen functional groups attached to an aromatic ring is 1. The normalized spacial score (nSPS) is 10.6. The number of carbonyl (C=O) groups excluding carboxylic acids is 1. The molecule has 0 saturated carbocycles. The molecule has 0 spiro atoms. The Balaban J connectivity index is 1.73. The van der Waals surface area contributed by atoms with Crippen molar-refractivity contribution in [2.75, 3.05) is 5.73 Å². The smallest absolute Gasteiger partial charge is 0.251 e. The number of aromatic nitrogens is 2. The molecular weight excluding hydrogens is 252 g/mol. The second-order valence-corrected chi connectivity index (χ2v) is 4.52. The van der Waals surface area contributed by atoms with Crippen LogP contribution in [-0.2, 0) is 6.54 Å². The third-order valence-electron chi connectivity index (χ3n) is 3.14. The minimum Gasteiger partial charge on any atom is -0.399 e. The van der Waals surface area contributed by atoms with Crippen LogP contribution < -0.4 is 11.1 Å². The number of nitrogens with one attached hydrogen (secondary N) is 2. The van der Waals surface area contributed by atoms with Gasteiger partial charge in [-0.05, 0) is 30.3 Å². The molecule has 0 unspecified atom stereocenters. The fourth-order valence-corrected chi connectivity index (χ4v) is 2.05. The number of para-hydroxylation sites is 1. The zero-order chi connectivity index (χ0) is 13.9. The number of nitrogens with two attached hydrogens (primary N) is 1. The van der Waals surface area contributed by atoms with Crippen LogP contribution in [0.25, 0.3) is 10.9 Å². The molecule has 1 heterocycles. The largest absolute Gasteiger partial charge is 0.399 e. The summed E-state index contributed by atoms with van der Waals surface area (Å²) in [5, 5.41) is 11.0. The van der Waals surface area contributed by atoms with Crippen molar-refractivity contribution in [3.8, 4) is 0 Å². The molecule has 0 bridgehead atoms. The molecule has 0 radical (unpaired) electrons. The van der Waals surface area contributed by atoms with E-state index in [0.717, 1.165) is 16.6 Å². The predicted molar refractivity (Wildman–Crippen MR) is 78.1 cm³/mol. The molecule has 5 nitrogen and oxygen atoms in total. The summed E-state index contributed by atoms with van der Waals surface area (Å²) in [5.74, 6) is -0.135. The fraction of sp³-hybridized carbons (Fsp3) is 0.0667. The van der Waals surface area contributed by atoms with E-state index in [2.05, 4.69) is 15.5 Å². The number of amides is 1. The molecule has 0 aliphatic carbocycles. The highest BCUT2D eigenvalue weighted by Crippen LogP contribution is 2.14. The summed E-state index contributed by atoms with van der Waals surface area (Å²) in [6.45, 7) is 0.406. The second-order valence-electron chi connectivity index (χ2n) is 4.52. The van der Waals surface area contributed by atoms with Crippen LogP contribution in [0.4, 0.5) is 5.69 Å². The number of nitrogens with zero attached hydrogens (tertiary/aromatic N) is 1. The van der Waals surface area contributed by atoms with Crippen molar-refractivity contribution < 1.29 is 4.79 Å². The van der Waals surface area contributed by atoms with Crippen molar-refractivity contribution in [2.45, 2.75) is 6.54 Å². The molecule has 4 N–H and O–H groups in total. The Hall–Kier alpha value is -2.82. The van der Waals surface area contributed by atoms with Crippen molar-refractivity contribution in [1.29, 1.82) is 0 Å². The lowest BCUT2D eigenvalue weighted by molar-refractivity contribution is 0.0950. The molecule has 0 aliphatic heterocycles. The van der Waals surface area contributed by atoms with Crippen molar-refractivity contribution in [3.05, 3.63) is 59.8 Å². The van der Waals surface area contributed by atoms with E-state index in [0.29, 0.717) is 17.8 Å². The van der Waals surface area contributed by atoms with Crippen LogP contribution in [0.1, 0.15) is 16.1 Å². The fourth-order valence-electron chi connectivity index (χ4n) is 2.05. The Kier molecular flexibility index (Phi) is 3.09. The molecule has 100 valence electrons. The molecule has 1 amide bonds. The van der Waals surface area contributed by atoms with Crippen LogP contribution in [-0.4, -0.2) is 16.1 Å². The molecule has 5 heteroatoms. The highest BCUT2D eigenvalue weighted by atomic mass is 16.1. The van der Waals surface area contributed by atoms with Crippen molar-refractivity contribution >= 4 is 22.5 Å². The van der Waals surface area contributed by atoms with Crippen molar-refractivity contribution in [3.63, 3.8) is 0 Å². The third kappa shape index (κ3) is 2.33. The Morgan fingerprint density at radius 3 is 2.70 bits per heavy atom. The van der Waals surface area contributed by atoms with Crippen LogP contribution in [0.15, 0.2) is 48.5 Å². The highest BCUT2D eigenvalue weighted by molar-refractivity contribution is 5.94. The number of hydrogen-bond acceptors (Lipinski definition) is 3. The van der Waals surface area contributed by atoms with Crippen molar-refractivity contribution in [2.24, 2.45) is 0 Å². The number of fused-ring (bicyclic) bond motifs is 1. The number of rotatable bonds is 3. The van der Waals surface area contributed by atoms with Crippen LogP contribution in [0.2, 0.25) is 0 Å². The van der Waals surface area contributed by atoms with Gasteiger partial charge in [-0.2, -0.15) is 5.10 Å². The Morgan fingerprint density at radius 2 is 1.90 bits per heavy atom. The number of aromatic amines is 1. The zero-order valence-electron chi connectivity index (χ0n) is 10.8. The van der Waals surface area contributed by atoms with Gasteiger partial charge in [0, 0.05) is 16.6 Å². The zero-order valence-corrected chi connectivity index (χ0v) is 10.8. The summed E-state index contributed by atoms with van der Waals surface area (Å²) in [6, 6.07) is 14.6. The first-order valence-electron chi connectivity index (χ1n) is 6.30. The van der Waals surface area contributed by atoms with E-state index in [-0.39, 0.29) is 5.91 Å². The first kappa shape index (κ1) is 12.2. The van der Waals surface area contributed by atoms with Gasteiger partial charge in [0.25, 0.3) is 5.91 Å². The molecule has 0 aliphatic rings. The van der Waals surface area contributed by atoms with Gasteiger partial charge >= 0.3 is 0 Å². The average molecular weight is 266 g/mol. The lowest BCUT2D eigenvalue weighted by Gasteiger charge is -2.04. The van der Waals surface area contributed by atoms with Crippen molar-refractivity contribution in [1.82, 2.24) is 15.5 Å². The van der Waals surface area contributed by atoms with Crippen LogP contribution in [0, 0.1) is 0 Å².